The Bertz CT molecular complexity index is 1270. The normalized spacial score (nSPS) is 12.6. The number of hydrogen-bond acceptors (Lipinski definition) is 6. The molecular weight excluding hydrogens is 841 g/mol. The number of esters is 3. The Hall–Kier alpha value is -3.15. The van der Waals surface area contributed by atoms with Gasteiger partial charge in [-0.1, -0.05) is 267 Å². The largest absolute Gasteiger partial charge is 0.462 e. The van der Waals surface area contributed by atoms with Gasteiger partial charge in [0.25, 0.3) is 0 Å². The lowest BCUT2D eigenvalue weighted by molar-refractivity contribution is -0.167. The summed E-state index contributed by atoms with van der Waals surface area (Å²) in [5, 5.41) is 0. The molecule has 0 aromatic rings. The first-order valence-corrected chi connectivity index (χ1v) is 28.9. The minimum Gasteiger partial charge on any atom is -0.462 e. The van der Waals surface area contributed by atoms with Gasteiger partial charge in [0.2, 0.25) is 0 Å². The summed E-state index contributed by atoms with van der Waals surface area (Å²) < 4.78 is 16.7. The van der Waals surface area contributed by atoms with Crippen molar-refractivity contribution in [2.24, 2.45) is 0 Å². The Labute approximate surface area is 421 Å². The number of hydrogen-bond donors (Lipinski definition) is 0. The first kappa shape index (κ1) is 64.8. The molecule has 1 atom stereocenters. The molecule has 392 valence electrons. The average molecular weight is 950 g/mol. The molecule has 0 saturated heterocycles. The van der Waals surface area contributed by atoms with Crippen molar-refractivity contribution in [3.8, 4) is 0 Å². The first-order chi connectivity index (χ1) is 33.5. The van der Waals surface area contributed by atoms with Crippen LogP contribution < -0.4 is 0 Å². The molecule has 0 fully saturated rings. The molecular formula is C62H108O6. The third-order valence-electron chi connectivity index (χ3n) is 12.5. The maximum atomic E-state index is 12.8. The van der Waals surface area contributed by atoms with E-state index < -0.39 is 6.10 Å². The highest BCUT2D eigenvalue weighted by atomic mass is 16.6. The van der Waals surface area contributed by atoms with E-state index in [0.717, 1.165) is 109 Å². The van der Waals surface area contributed by atoms with Crippen LogP contribution in [0.15, 0.2) is 72.9 Å². The van der Waals surface area contributed by atoms with Gasteiger partial charge < -0.3 is 14.2 Å². The third-order valence-corrected chi connectivity index (χ3v) is 12.5. The maximum absolute atomic E-state index is 12.8. The van der Waals surface area contributed by atoms with Crippen molar-refractivity contribution >= 4 is 17.9 Å². The monoisotopic (exact) mass is 949 g/mol. The standard InChI is InChI=1S/C62H108O6/c1-4-7-10-13-16-18-20-22-24-26-28-30-31-33-34-36-38-40-42-44-46-49-52-55-61(64)67-58-59(57-66-60(63)54-51-48-15-12-9-6-3)68-62(65)56-53-50-47-45-43-41-39-37-35-32-29-27-25-23-21-19-17-14-11-8-5-2/h7,10,16,18,22,24,28,30,33-34,38,40,59H,4-6,8-9,11-15,17,19-21,23,25-27,29,31-32,35-37,39,41-58H2,1-3H3/b10-7-,18-16-,24-22-,30-28-,34-33-,40-38-. The fourth-order valence-electron chi connectivity index (χ4n) is 8.15. The minimum atomic E-state index is -0.781. The minimum absolute atomic E-state index is 0.0818. The van der Waals surface area contributed by atoms with Crippen LogP contribution in [0.25, 0.3) is 0 Å². The molecule has 0 aliphatic carbocycles. The summed E-state index contributed by atoms with van der Waals surface area (Å²) in [7, 11) is 0. The predicted octanol–water partition coefficient (Wildman–Crippen LogP) is 19.4. The van der Waals surface area contributed by atoms with Crippen LogP contribution in [0.4, 0.5) is 0 Å². The molecule has 0 heterocycles. The molecule has 0 N–H and O–H groups in total. The molecule has 0 radical (unpaired) electrons. The topological polar surface area (TPSA) is 78.9 Å². The van der Waals surface area contributed by atoms with Gasteiger partial charge in [0, 0.05) is 19.3 Å². The second-order valence-electron chi connectivity index (χ2n) is 19.2. The van der Waals surface area contributed by atoms with Crippen LogP contribution in [0.1, 0.15) is 284 Å². The molecule has 68 heavy (non-hydrogen) atoms. The van der Waals surface area contributed by atoms with Gasteiger partial charge in [-0.05, 0) is 70.6 Å². The molecule has 0 aromatic carbocycles. The highest BCUT2D eigenvalue weighted by Crippen LogP contribution is 2.16. The van der Waals surface area contributed by atoms with Crippen molar-refractivity contribution in [1.82, 2.24) is 0 Å². The summed E-state index contributed by atoms with van der Waals surface area (Å²) in [5.74, 6) is -0.908. The van der Waals surface area contributed by atoms with E-state index in [1.54, 1.807) is 0 Å². The third kappa shape index (κ3) is 53.8. The molecule has 0 bridgehead atoms. The van der Waals surface area contributed by atoms with E-state index in [1.807, 2.05) is 0 Å². The van der Waals surface area contributed by atoms with E-state index in [-0.39, 0.29) is 31.1 Å². The first-order valence-electron chi connectivity index (χ1n) is 28.9. The molecule has 0 aliphatic rings. The summed E-state index contributed by atoms with van der Waals surface area (Å²) in [4.78, 5) is 37.9. The van der Waals surface area contributed by atoms with Crippen molar-refractivity contribution in [2.45, 2.75) is 290 Å². The van der Waals surface area contributed by atoms with Gasteiger partial charge in [-0.15, -0.1) is 0 Å². The van der Waals surface area contributed by atoms with E-state index in [2.05, 4.69) is 93.7 Å². The fraction of sp³-hybridized carbons (Fsp3) is 0.758. The van der Waals surface area contributed by atoms with Gasteiger partial charge in [0.05, 0.1) is 0 Å². The Morgan fingerprint density at radius 2 is 0.574 bits per heavy atom. The molecule has 6 heteroatoms. The molecule has 0 aromatic heterocycles. The molecule has 0 amide bonds. The summed E-state index contributed by atoms with van der Waals surface area (Å²) in [6.07, 6.45) is 72.1. The summed E-state index contributed by atoms with van der Waals surface area (Å²) in [5.41, 5.74) is 0. The van der Waals surface area contributed by atoms with Crippen LogP contribution in [0.5, 0.6) is 0 Å². The van der Waals surface area contributed by atoms with Crippen LogP contribution in [0.2, 0.25) is 0 Å². The number of unbranched alkanes of at least 4 members (excludes halogenated alkanes) is 29. The average Bonchev–Trinajstić information content (AvgIpc) is 3.34. The molecule has 0 aliphatic heterocycles. The second kappa shape index (κ2) is 56.4. The van der Waals surface area contributed by atoms with Crippen molar-refractivity contribution < 1.29 is 28.6 Å². The van der Waals surface area contributed by atoms with Gasteiger partial charge >= 0.3 is 17.9 Å². The van der Waals surface area contributed by atoms with E-state index in [0.29, 0.717) is 19.3 Å². The summed E-state index contributed by atoms with van der Waals surface area (Å²) in [6, 6.07) is 0. The van der Waals surface area contributed by atoms with Crippen molar-refractivity contribution in [1.29, 1.82) is 0 Å². The quantitative estimate of drug-likeness (QED) is 0.0262. The zero-order valence-electron chi connectivity index (χ0n) is 44.9. The lowest BCUT2D eigenvalue weighted by Crippen LogP contribution is -2.30. The SMILES string of the molecule is CC/C=C\C/C=C\C/C=C\C/C=C\C/C=C\C/C=C\CCCCCCC(=O)OCC(COC(=O)CCCCCCCC)OC(=O)CCCCCCCCCCCCCCCCCCCCCCC. The van der Waals surface area contributed by atoms with Gasteiger partial charge in [-0.25, -0.2) is 0 Å². The molecule has 6 nitrogen and oxygen atoms in total. The van der Waals surface area contributed by atoms with Crippen LogP contribution in [0, 0.1) is 0 Å². The van der Waals surface area contributed by atoms with Crippen LogP contribution in [0.3, 0.4) is 0 Å². The van der Waals surface area contributed by atoms with Crippen LogP contribution >= 0.6 is 0 Å². The summed E-state index contributed by atoms with van der Waals surface area (Å²) >= 11 is 0. The van der Waals surface area contributed by atoms with Crippen molar-refractivity contribution in [2.75, 3.05) is 13.2 Å². The van der Waals surface area contributed by atoms with Crippen LogP contribution in [-0.2, 0) is 28.6 Å². The summed E-state index contributed by atoms with van der Waals surface area (Å²) in [6.45, 7) is 6.47. The Morgan fingerprint density at radius 1 is 0.309 bits per heavy atom. The Kier molecular flexibility index (Phi) is 53.8. The number of carbonyl (C=O) groups excluding carboxylic acids is 3. The number of carbonyl (C=O) groups is 3. The Morgan fingerprint density at radius 3 is 0.897 bits per heavy atom. The lowest BCUT2D eigenvalue weighted by Gasteiger charge is -2.18. The molecule has 0 rings (SSSR count). The van der Waals surface area contributed by atoms with Gasteiger partial charge in [0.1, 0.15) is 13.2 Å². The maximum Gasteiger partial charge on any atom is 0.306 e. The molecule has 0 saturated carbocycles. The van der Waals surface area contributed by atoms with Crippen LogP contribution in [-0.4, -0.2) is 37.2 Å². The van der Waals surface area contributed by atoms with Gasteiger partial charge in [-0.2, -0.15) is 0 Å². The van der Waals surface area contributed by atoms with Gasteiger partial charge in [0.15, 0.2) is 6.10 Å². The second-order valence-corrected chi connectivity index (χ2v) is 19.2. The highest BCUT2D eigenvalue weighted by molar-refractivity contribution is 5.71. The van der Waals surface area contributed by atoms with Crippen molar-refractivity contribution in [3.63, 3.8) is 0 Å². The number of ether oxygens (including phenoxy) is 3. The smallest absolute Gasteiger partial charge is 0.306 e. The van der Waals surface area contributed by atoms with E-state index in [9.17, 15) is 14.4 Å². The highest BCUT2D eigenvalue weighted by Gasteiger charge is 2.19. The zero-order valence-corrected chi connectivity index (χ0v) is 44.9. The van der Waals surface area contributed by atoms with Gasteiger partial charge in [-0.3, -0.25) is 14.4 Å². The zero-order chi connectivity index (χ0) is 49.3. The lowest BCUT2D eigenvalue weighted by atomic mass is 10.0. The van der Waals surface area contributed by atoms with E-state index in [4.69, 9.17) is 14.2 Å². The molecule has 0 spiro atoms. The number of rotatable bonds is 52. The predicted molar refractivity (Wildman–Crippen MR) is 293 cm³/mol. The number of allylic oxidation sites excluding steroid dienone is 12. The Balaban J connectivity index is 4.19. The van der Waals surface area contributed by atoms with E-state index >= 15 is 0 Å². The van der Waals surface area contributed by atoms with E-state index in [1.165, 1.54) is 135 Å². The van der Waals surface area contributed by atoms with Crippen molar-refractivity contribution in [3.05, 3.63) is 72.9 Å². The molecule has 1 unspecified atom stereocenters. The fourth-order valence-corrected chi connectivity index (χ4v) is 8.15.